The van der Waals surface area contributed by atoms with Crippen molar-refractivity contribution in [3.8, 4) is 0 Å². The topological polar surface area (TPSA) is 52.7 Å². The molecule has 1 aliphatic rings. The molecule has 1 fully saturated rings. The normalized spacial score (nSPS) is 14.0. The van der Waals surface area contributed by atoms with Crippen molar-refractivity contribution < 1.29 is 9.59 Å². The molecule has 2 amide bonds. The third-order valence-corrected chi connectivity index (χ3v) is 6.58. The summed E-state index contributed by atoms with van der Waals surface area (Å²) in [6.07, 6.45) is 1.70. The van der Waals surface area contributed by atoms with Gasteiger partial charge in [-0.1, -0.05) is 60.7 Å². The lowest BCUT2D eigenvalue weighted by molar-refractivity contribution is 0.0753. The molecule has 0 bridgehead atoms. The van der Waals surface area contributed by atoms with E-state index in [1.807, 2.05) is 85.5 Å². The van der Waals surface area contributed by atoms with Gasteiger partial charge in [-0.2, -0.15) is 0 Å². The van der Waals surface area contributed by atoms with Crippen molar-refractivity contribution in [3.05, 3.63) is 101 Å². The van der Waals surface area contributed by atoms with E-state index in [0.29, 0.717) is 13.1 Å². The molecule has 0 spiro atoms. The van der Waals surface area contributed by atoms with E-state index in [1.54, 1.807) is 0 Å². The second-order valence-electron chi connectivity index (χ2n) is 8.87. The fourth-order valence-corrected chi connectivity index (χ4v) is 4.59. The van der Waals surface area contributed by atoms with Gasteiger partial charge in [0.1, 0.15) is 0 Å². The zero-order valence-electron chi connectivity index (χ0n) is 20.0. The number of aryl methyl sites for hydroxylation is 1. The van der Waals surface area contributed by atoms with Crippen LogP contribution in [0.15, 0.2) is 78.9 Å². The molecule has 0 aromatic heterocycles. The summed E-state index contributed by atoms with van der Waals surface area (Å²) in [4.78, 5) is 30.4. The summed E-state index contributed by atoms with van der Waals surface area (Å²) in [6.45, 7) is 6.82. The summed E-state index contributed by atoms with van der Waals surface area (Å²) in [7, 11) is 0. The molecule has 34 heavy (non-hydrogen) atoms. The summed E-state index contributed by atoms with van der Waals surface area (Å²) in [5.74, 6) is 0.0450. The van der Waals surface area contributed by atoms with Crippen LogP contribution >= 0.6 is 0 Å². The highest BCUT2D eigenvalue weighted by molar-refractivity contribution is 6.00. The average Bonchev–Trinajstić information content (AvgIpc) is 2.88. The third-order valence-electron chi connectivity index (χ3n) is 6.58. The van der Waals surface area contributed by atoms with Crippen molar-refractivity contribution in [2.75, 3.05) is 24.5 Å². The van der Waals surface area contributed by atoms with E-state index >= 15 is 0 Å². The molecular formula is C29H33N3O2. The van der Waals surface area contributed by atoms with E-state index in [9.17, 15) is 9.59 Å². The van der Waals surface area contributed by atoms with Crippen LogP contribution < -0.4 is 10.2 Å². The zero-order valence-corrected chi connectivity index (χ0v) is 20.0. The maximum absolute atomic E-state index is 13.5. The fourth-order valence-electron chi connectivity index (χ4n) is 4.59. The van der Waals surface area contributed by atoms with Crippen LogP contribution in [0.3, 0.4) is 0 Å². The number of carbonyl (C=O) groups is 2. The number of anilines is 1. The monoisotopic (exact) mass is 455 g/mol. The first-order chi connectivity index (χ1) is 16.6. The predicted molar refractivity (Wildman–Crippen MR) is 137 cm³/mol. The molecule has 1 heterocycles. The smallest absolute Gasteiger partial charge is 0.256 e. The molecule has 0 aliphatic carbocycles. The first kappa shape index (κ1) is 23.6. The van der Waals surface area contributed by atoms with Crippen molar-refractivity contribution in [2.45, 2.75) is 39.3 Å². The Morgan fingerprint density at radius 3 is 2.18 bits per heavy atom. The van der Waals surface area contributed by atoms with Crippen LogP contribution in [0.2, 0.25) is 0 Å². The van der Waals surface area contributed by atoms with Gasteiger partial charge in [0.05, 0.1) is 5.56 Å². The summed E-state index contributed by atoms with van der Waals surface area (Å²) >= 11 is 0. The highest BCUT2D eigenvalue weighted by Gasteiger charge is 2.25. The molecule has 4 rings (SSSR count). The molecule has 176 valence electrons. The van der Waals surface area contributed by atoms with Crippen LogP contribution in [-0.4, -0.2) is 42.4 Å². The van der Waals surface area contributed by atoms with Crippen LogP contribution in [0.4, 0.5) is 5.69 Å². The van der Waals surface area contributed by atoms with Crippen molar-refractivity contribution >= 4 is 17.5 Å². The molecule has 0 atom stereocenters. The summed E-state index contributed by atoms with van der Waals surface area (Å²) < 4.78 is 0. The number of para-hydroxylation sites is 1. The van der Waals surface area contributed by atoms with Gasteiger partial charge in [0.25, 0.3) is 11.8 Å². The molecule has 1 N–H and O–H groups in total. The van der Waals surface area contributed by atoms with Gasteiger partial charge < -0.3 is 15.1 Å². The second kappa shape index (κ2) is 11.0. The second-order valence-corrected chi connectivity index (χ2v) is 8.87. The van der Waals surface area contributed by atoms with E-state index in [-0.39, 0.29) is 17.9 Å². The van der Waals surface area contributed by atoms with Gasteiger partial charge in [0.15, 0.2) is 0 Å². The van der Waals surface area contributed by atoms with Gasteiger partial charge in [-0.3, -0.25) is 9.59 Å². The molecule has 3 aromatic carbocycles. The largest absolute Gasteiger partial charge is 0.371 e. The van der Waals surface area contributed by atoms with Crippen LogP contribution in [0, 0.1) is 6.92 Å². The number of nitrogens with zero attached hydrogens (tertiary/aromatic N) is 2. The number of hydrogen-bond acceptors (Lipinski definition) is 3. The number of nitrogens with one attached hydrogen (secondary N) is 1. The molecule has 0 saturated carbocycles. The standard InChI is InChI=1S/C29H33N3O2/c1-3-31(21-23-12-5-4-6-13-23)29(34)26-15-9-10-16-27(26)32-19-17-24(18-20-32)30-28(33)25-14-8-7-11-22(25)2/h4-16,24H,3,17-21H2,1-2H3,(H,30,33). The SMILES string of the molecule is CCN(Cc1ccccc1)C(=O)c1ccccc1N1CCC(NC(=O)c2ccccc2C)CC1. The minimum Gasteiger partial charge on any atom is -0.371 e. The lowest BCUT2D eigenvalue weighted by Crippen LogP contribution is -2.45. The van der Waals surface area contributed by atoms with E-state index in [2.05, 4.69) is 22.3 Å². The molecule has 1 aliphatic heterocycles. The van der Waals surface area contributed by atoms with E-state index < -0.39 is 0 Å². The molecule has 0 unspecified atom stereocenters. The van der Waals surface area contributed by atoms with E-state index in [0.717, 1.165) is 53.9 Å². The Morgan fingerprint density at radius 2 is 1.50 bits per heavy atom. The first-order valence-electron chi connectivity index (χ1n) is 12.1. The lowest BCUT2D eigenvalue weighted by Gasteiger charge is -2.35. The summed E-state index contributed by atoms with van der Waals surface area (Å²) in [5.41, 5.74) is 4.56. The summed E-state index contributed by atoms with van der Waals surface area (Å²) in [6, 6.07) is 25.8. The minimum atomic E-state index is -0.00775. The Bertz CT molecular complexity index is 1120. The van der Waals surface area contributed by atoms with Gasteiger partial charge >= 0.3 is 0 Å². The first-order valence-corrected chi connectivity index (χ1v) is 12.1. The highest BCUT2D eigenvalue weighted by Crippen LogP contribution is 2.26. The number of rotatable bonds is 7. The van der Waals surface area contributed by atoms with Crippen LogP contribution in [0.5, 0.6) is 0 Å². The molecule has 1 saturated heterocycles. The van der Waals surface area contributed by atoms with Gasteiger partial charge in [-0.25, -0.2) is 0 Å². The number of piperidine rings is 1. The molecule has 3 aromatic rings. The number of amides is 2. The van der Waals surface area contributed by atoms with Gasteiger partial charge in [-0.05, 0) is 56.0 Å². The molecule has 0 radical (unpaired) electrons. The van der Waals surface area contributed by atoms with Crippen LogP contribution in [0.25, 0.3) is 0 Å². The molecule has 5 nitrogen and oxygen atoms in total. The maximum Gasteiger partial charge on any atom is 0.256 e. The van der Waals surface area contributed by atoms with Gasteiger partial charge in [0, 0.05) is 43.5 Å². The molecule has 5 heteroatoms. The number of hydrogen-bond donors (Lipinski definition) is 1. The predicted octanol–water partition coefficient (Wildman–Crippen LogP) is 5.06. The number of carbonyl (C=O) groups excluding carboxylic acids is 2. The average molecular weight is 456 g/mol. The fraction of sp³-hybridized carbons (Fsp3) is 0.310. The molecular weight excluding hydrogens is 422 g/mol. The minimum absolute atomic E-state index is 0.00775. The summed E-state index contributed by atoms with van der Waals surface area (Å²) in [5, 5.41) is 3.20. The van der Waals surface area contributed by atoms with Crippen molar-refractivity contribution in [3.63, 3.8) is 0 Å². The Balaban J connectivity index is 1.41. The Morgan fingerprint density at radius 1 is 0.882 bits per heavy atom. The zero-order chi connectivity index (χ0) is 23.9. The van der Waals surface area contributed by atoms with E-state index in [1.165, 1.54) is 0 Å². The quantitative estimate of drug-likeness (QED) is 0.542. The van der Waals surface area contributed by atoms with Crippen LogP contribution in [0.1, 0.15) is 51.6 Å². The van der Waals surface area contributed by atoms with Gasteiger partial charge in [-0.15, -0.1) is 0 Å². The van der Waals surface area contributed by atoms with Gasteiger partial charge in [0.2, 0.25) is 0 Å². The van der Waals surface area contributed by atoms with Crippen LogP contribution in [-0.2, 0) is 6.54 Å². The highest BCUT2D eigenvalue weighted by atomic mass is 16.2. The van der Waals surface area contributed by atoms with Crippen molar-refractivity contribution in [1.29, 1.82) is 0 Å². The third kappa shape index (κ3) is 5.48. The van der Waals surface area contributed by atoms with E-state index in [4.69, 9.17) is 0 Å². The Labute approximate surface area is 202 Å². The maximum atomic E-state index is 13.5. The van der Waals surface area contributed by atoms with Crippen molar-refractivity contribution in [1.82, 2.24) is 10.2 Å². The van der Waals surface area contributed by atoms with Crippen molar-refractivity contribution in [2.24, 2.45) is 0 Å². The Kier molecular flexibility index (Phi) is 7.63. The lowest BCUT2D eigenvalue weighted by atomic mass is 10.0. The Hall–Kier alpha value is -3.60. The number of benzene rings is 3.